The summed E-state index contributed by atoms with van der Waals surface area (Å²) in [5.41, 5.74) is 0. The van der Waals surface area contributed by atoms with Crippen molar-refractivity contribution in [2.24, 2.45) is 5.92 Å². The Hall–Kier alpha value is -1.06. The second-order valence-electron chi connectivity index (χ2n) is 4.71. The highest BCUT2D eigenvalue weighted by atomic mass is 16.2. The van der Waals surface area contributed by atoms with Gasteiger partial charge in [0.05, 0.1) is 0 Å². The van der Waals surface area contributed by atoms with Gasteiger partial charge >= 0.3 is 0 Å². The molecule has 1 rings (SSSR count). The summed E-state index contributed by atoms with van der Waals surface area (Å²) >= 11 is 0. The van der Waals surface area contributed by atoms with E-state index in [1.807, 2.05) is 6.92 Å². The molecule has 0 unspecified atom stereocenters. The SMILES string of the molecule is CCC[C@H](C)C(=O)N[C@@H]1CCC(=O)N(C)C1. The van der Waals surface area contributed by atoms with Crippen molar-refractivity contribution in [2.75, 3.05) is 13.6 Å². The van der Waals surface area contributed by atoms with Crippen LogP contribution < -0.4 is 5.32 Å². The molecule has 0 radical (unpaired) electrons. The van der Waals surface area contributed by atoms with Crippen LogP contribution in [0.2, 0.25) is 0 Å². The minimum atomic E-state index is 0.0768. The first kappa shape index (κ1) is 13.0. The molecule has 1 aliphatic rings. The molecule has 0 saturated carbocycles. The molecule has 0 spiro atoms. The summed E-state index contributed by atoms with van der Waals surface area (Å²) < 4.78 is 0. The Kier molecular flexibility index (Phi) is 4.77. The van der Waals surface area contributed by atoms with E-state index in [1.54, 1.807) is 11.9 Å². The first-order chi connectivity index (χ1) is 7.54. The molecule has 1 heterocycles. The first-order valence-electron chi connectivity index (χ1n) is 6.09. The highest BCUT2D eigenvalue weighted by molar-refractivity contribution is 5.80. The number of hydrogen-bond donors (Lipinski definition) is 1. The number of rotatable bonds is 4. The molecular formula is C12H22N2O2. The molecular weight excluding hydrogens is 204 g/mol. The van der Waals surface area contributed by atoms with Crippen LogP contribution in [0.25, 0.3) is 0 Å². The molecule has 92 valence electrons. The summed E-state index contributed by atoms with van der Waals surface area (Å²) in [6, 6.07) is 0.134. The summed E-state index contributed by atoms with van der Waals surface area (Å²) in [5, 5.41) is 3.02. The number of nitrogens with zero attached hydrogens (tertiary/aromatic N) is 1. The van der Waals surface area contributed by atoms with Gasteiger partial charge in [-0.15, -0.1) is 0 Å². The Morgan fingerprint density at radius 1 is 1.62 bits per heavy atom. The molecule has 2 amide bonds. The molecule has 4 heteroatoms. The lowest BCUT2D eigenvalue weighted by atomic mass is 10.0. The molecule has 0 aromatic carbocycles. The number of likely N-dealkylation sites (N-methyl/N-ethyl adjacent to an activating group) is 1. The fourth-order valence-corrected chi connectivity index (χ4v) is 2.04. The van der Waals surface area contributed by atoms with Crippen LogP contribution in [0.4, 0.5) is 0 Å². The third kappa shape index (κ3) is 3.51. The highest BCUT2D eigenvalue weighted by Crippen LogP contribution is 2.11. The zero-order valence-corrected chi connectivity index (χ0v) is 10.5. The Labute approximate surface area is 97.4 Å². The second-order valence-corrected chi connectivity index (χ2v) is 4.71. The van der Waals surface area contributed by atoms with Crippen LogP contribution in [0.3, 0.4) is 0 Å². The van der Waals surface area contributed by atoms with E-state index in [-0.39, 0.29) is 23.8 Å². The lowest BCUT2D eigenvalue weighted by Crippen LogP contribution is -2.49. The lowest BCUT2D eigenvalue weighted by molar-refractivity contribution is -0.134. The summed E-state index contributed by atoms with van der Waals surface area (Å²) in [6.45, 7) is 4.68. The van der Waals surface area contributed by atoms with Crippen molar-refractivity contribution < 1.29 is 9.59 Å². The van der Waals surface area contributed by atoms with E-state index < -0.39 is 0 Å². The zero-order chi connectivity index (χ0) is 12.1. The van der Waals surface area contributed by atoms with Gasteiger partial charge in [0.15, 0.2) is 0 Å². The zero-order valence-electron chi connectivity index (χ0n) is 10.5. The van der Waals surface area contributed by atoms with Gasteiger partial charge in [-0.05, 0) is 12.8 Å². The fraction of sp³-hybridized carbons (Fsp3) is 0.833. The smallest absolute Gasteiger partial charge is 0.223 e. The predicted octanol–water partition coefficient (Wildman–Crippen LogP) is 1.16. The lowest BCUT2D eigenvalue weighted by Gasteiger charge is -2.30. The van der Waals surface area contributed by atoms with Gasteiger partial charge in [-0.2, -0.15) is 0 Å². The normalized spacial score (nSPS) is 23.1. The van der Waals surface area contributed by atoms with Gasteiger partial charge in [0.25, 0.3) is 0 Å². The largest absolute Gasteiger partial charge is 0.351 e. The average molecular weight is 226 g/mol. The van der Waals surface area contributed by atoms with Gasteiger partial charge < -0.3 is 10.2 Å². The van der Waals surface area contributed by atoms with Crippen molar-refractivity contribution >= 4 is 11.8 Å². The Bertz CT molecular complexity index is 266. The average Bonchev–Trinajstić information content (AvgIpc) is 2.24. The minimum Gasteiger partial charge on any atom is -0.351 e. The molecule has 4 nitrogen and oxygen atoms in total. The molecule has 16 heavy (non-hydrogen) atoms. The molecule has 1 saturated heterocycles. The van der Waals surface area contributed by atoms with Gasteiger partial charge in [-0.25, -0.2) is 0 Å². The van der Waals surface area contributed by atoms with E-state index in [0.29, 0.717) is 13.0 Å². The number of carbonyl (C=O) groups excluding carboxylic acids is 2. The summed E-state index contributed by atoms with van der Waals surface area (Å²) in [4.78, 5) is 24.7. The Morgan fingerprint density at radius 3 is 2.88 bits per heavy atom. The van der Waals surface area contributed by atoms with Crippen molar-refractivity contribution in [3.63, 3.8) is 0 Å². The maximum Gasteiger partial charge on any atom is 0.223 e. The van der Waals surface area contributed by atoms with Gasteiger partial charge in [0.2, 0.25) is 11.8 Å². The van der Waals surface area contributed by atoms with E-state index in [1.165, 1.54) is 0 Å². The number of hydrogen-bond acceptors (Lipinski definition) is 2. The Balaban J connectivity index is 2.37. The monoisotopic (exact) mass is 226 g/mol. The van der Waals surface area contributed by atoms with Gasteiger partial charge in [0.1, 0.15) is 0 Å². The number of likely N-dealkylation sites (tertiary alicyclic amines) is 1. The van der Waals surface area contributed by atoms with E-state index in [2.05, 4.69) is 12.2 Å². The number of carbonyl (C=O) groups is 2. The van der Waals surface area contributed by atoms with Crippen molar-refractivity contribution in [1.82, 2.24) is 10.2 Å². The number of nitrogens with one attached hydrogen (secondary N) is 1. The van der Waals surface area contributed by atoms with Crippen LogP contribution in [-0.4, -0.2) is 36.3 Å². The molecule has 1 N–H and O–H groups in total. The van der Waals surface area contributed by atoms with Crippen LogP contribution in [0.5, 0.6) is 0 Å². The van der Waals surface area contributed by atoms with Gasteiger partial charge in [-0.1, -0.05) is 20.3 Å². The van der Waals surface area contributed by atoms with Crippen LogP contribution in [0.15, 0.2) is 0 Å². The van der Waals surface area contributed by atoms with Crippen LogP contribution in [0, 0.1) is 5.92 Å². The molecule has 0 aromatic rings. The van der Waals surface area contributed by atoms with Crippen molar-refractivity contribution in [3.8, 4) is 0 Å². The molecule has 0 aromatic heterocycles. The quantitative estimate of drug-likeness (QED) is 0.782. The van der Waals surface area contributed by atoms with Gasteiger partial charge in [-0.3, -0.25) is 9.59 Å². The topological polar surface area (TPSA) is 49.4 Å². The summed E-state index contributed by atoms with van der Waals surface area (Å²) in [5.74, 6) is 0.370. The molecule has 1 fully saturated rings. The predicted molar refractivity (Wildman–Crippen MR) is 62.9 cm³/mol. The molecule has 0 bridgehead atoms. The van der Waals surface area contributed by atoms with Crippen LogP contribution in [-0.2, 0) is 9.59 Å². The molecule has 0 aliphatic carbocycles. The van der Waals surface area contributed by atoms with Crippen molar-refractivity contribution in [3.05, 3.63) is 0 Å². The van der Waals surface area contributed by atoms with E-state index in [0.717, 1.165) is 19.3 Å². The molecule has 1 aliphatic heterocycles. The summed E-state index contributed by atoms with van der Waals surface area (Å²) in [7, 11) is 1.79. The maximum atomic E-state index is 11.8. The Morgan fingerprint density at radius 2 is 2.31 bits per heavy atom. The fourth-order valence-electron chi connectivity index (χ4n) is 2.04. The third-order valence-corrected chi connectivity index (χ3v) is 3.14. The maximum absolute atomic E-state index is 11.8. The second kappa shape index (κ2) is 5.87. The standard InChI is InChI=1S/C12H22N2O2/c1-4-5-9(2)12(16)13-10-6-7-11(15)14(3)8-10/h9-10H,4-8H2,1-3H3,(H,13,16)/t9-,10+/m0/s1. The van der Waals surface area contributed by atoms with Crippen molar-refractivity contribution in [1.29, 1.82) is 0 Å². The highest BCUT2D eigenvalue weighted by Gasteiger charge is 2.25. The molecule has 2 atom stereocenters. The number of piperidine rings is 1. The van der Waals surface area contributed by atoms with E-state index in [9.17, 15) is 9.59 Å². The van der Waals surface area contributed by atoms with Crippen molar-refractivity contribution in [2.45, 2.75) is 45.6 Å². The number of amides is 2. The minimum absolute atomic E-state index is 0.0768. The van der Waals surface area contributed by atoms with Gasteiger partial charge in [0, 0.05) is 32.0 Å². The summed E-state index contributed by atoms with van der Waals surface area (Å²) in [6.07, 6.45) is 3.27. The van der Waals surface area contributed by atoms with Crippen LogP contribution >= 0.6 is 0 Å². The van der Waals surface area contributed by atoms with E-state index in [4.69, 9.17) is 0 Å². The first-order valence-corrected chi connectivity index (χ1v) is 6.09. The third-order valence-electron chi connectivity index (χ3n) is 3.14. The van der Waals surface area contributed by atoms with E-state index >= 15 is 0 Å². The van der Waals surface area contributed by atoms with Crippen LogP contribution in [0.1, 0.15) is 39.5 Å².